The number of benzene rings is 3. The first-order valence-electron chi connectivity index (χ1n) is 10.6. The van der Waals surface area contributed by atoms with Crippen molar-refractivity contribution in [3.05, 3.63) is 82.3 Å². The highest BCUT2D eigenvalue weighted by molar-refractivity contribution is 9.10. The van der Waals surface area contributed by atoms with Crippen LogP contribution in [0.2, 0.25) is 0 Å². The Balaban J connectivity index is 1.47. The zero-order chi connectivity index (χ0) is 25.2. The Morgan fingerprint density at radius 1 is 0.943 bits per heavy atom. The summed E-state index contributed by atoms with van der Waals surface area (Å²) >= 11 is 3.38. The molecule has 3 rings (SSSR count). The van der Waals surface area contributed by atoms with E-state index in [1.165, 1.54) is 19.2 Å². The number of aromatic carboxylic acids is 1. The van der Waals surface area contributed by atoms with E-state index in [0.717, 1.165) is 4.47 Å². The molecule has 0 aliphatic carbocycles. The van der Waals surface area contributed by atoms with Gasteiger partial charge in [-0.05, 0) is 70.0 Å². The maximum atomic E-state index is 12.4. The number of halogens is 1. The molecule has 3 aromatic rings. The second kappa shape index (κ2) is 12.4. The summed E-state index contributed by atoms with van der Waals surface area (Å²) in [6.45, 7) is 0.516. The summed E-state index contributed by atoms with van der Waals surface area (Å²) in [6, 6.07) is 17.9. The van der Waals surface area contributed by atoms with Gasteiger partial charge in [-0.15, -0.1) is 0 Å². The van der Waals surface area contributed by atoms with E-state index in [1.54, 1.807) is 36.4 Å². The van der Waals surface area contributed by atoms with Crippen LogP contribution in [0.4, 0.5) is 16.2 Å². The van der Waals surface area contributed by atoms with E-state index in [9.17, 15) is 14.4 Å². The average Bonchev–Trinajstić information content (AvgIpc) is 2.84. The maximum Gasteiger partial charge on any atom is 0.335 e. The molecule has 0 atom stereocenters. The number of carbonyl (C=O) groups excluding carboxylic acids is 2. The van der Waals surface area contributed by atoms with Gasteiger partial charge >= 0.3 is 12.0 Å². The summed E-state index contributed by atoms with van der Waals surface area (Å²) in [5, 5.41) is 17.2. The Morgan fingerprint density at radius 3 is 2.34 bits per heavy atom. The first kappa shape index (κ1) is 25.6. The Kier molecular flexibility index (Phi) is 9.08. The molecule has 0 aromatic heterocycles. The highest BCUT2D eigenvalue weighted by Gasteiger charge is 2.12. The minimum Gasteiger partial charge on any atom is -0.495 e. The second-order valence-corrected chi connectivity index (χ2v) is 8.15. The third-order valence-corrected chi connectivity index (χ3v) is 5.49. The van der Waals surface area contributed by atoms with Crippen molar-refractivity contribution in [2.75, 3.05) is 30.9 Å². The van der Waals surface area contributed by atoms with E-state index in [0.29, 0.717) is 28.4 Å². The summed E-state index contributed by atoms with van der Waals surface area (Å²) in [5.74, 6) is -0.274. The number of amides is 3. The van der Waals surface area contributed by atoms with Gasteiger partial charge in [-0.1, -0.05) is 18.2 Å². The Labute approximate surface area is 210 Å². The minimum atomic E-state index is -1.01. The summed E-state index contributed by atoms with van der Waals surface area (Å²) in [7, 11) is 1.48. The molecule has 3 amide bonds. The first-order valence-corrected chi connectivity index (χ1v) is 11.4. The standard InChI is InChI=1S/C25H24BrN3O6/c1-34-22-14-16(6-11-21(22)29-25(33)28-20-5-3-2-4-19(20)26)15-23(30)27-12-13-35-18-9-7-17(8-10-18)24(31)32/h2-11,14H,12-13,15H2,1H3,(H,27,30)(H,31,32)(H2,28,29,33). The molecule has 0 saturated carbocycles. The number of nitrogens with one attached hydrogen (secondary N) is 3. The zero-order valence-corrected chi connectivity index (χ0v) is 20.4. The van der Waals surface area contributed by atoms with Gasteiger partial charge < -0.3 is 30.5 Å². The molecule has 4 N–H and O–H groups in total. The van der Waals surface area contributed by atoms with Crippen molar-refractivity contribution in [3.63, 3.8) is 0 Å². The van der Waals surface area contributed by atoms with Gasteiger partial charge in [0.25, 0.3) is 0 Å². The van der Waals surface area contributed by atoms with Crippen LogP contribution < -0.4 is 25.4 Å². The molecule has 10 heteroatoms. The van der Waals surface area contributed by atoms with E-state index in [1.807, 2.05) is 18.2 Å². The van der Waals surface area contributed by atoms with E-state index >= 15 is 0 Å². The van der Waals surface area contributed by atoms with Crippen LogP contribution >= 0.6 is 15.9 Å². The summed E-state index contributed by atoms with van der Waals surface area (Å²) < 4.78 is 11.6. The van der Waals surface area contributed by atoms with Gasteiger partial charge in [0.05, 0.1) is 37.0 Å². The average molecular weight is 542 g/mol. The highest BCUT2D eigenvalue weighted by atomic mass is 79.9. The SMILES string of the molecule is COc1cc(CC(=O)NCCOc2ccc(C(=O)O)cc2)ccc1NC(=O)Nc1ccccc1Br. The number of hydrogen-bond donors (Lipinski definition) is 4. The first-order chi connectivity index (χ1) is 16.9. The number of carboxylic acids is 1. The van der Waals surface area contributed by atoms with Crippen molar-refractivity contribution in [3.8, 4) is 11.5 Å². The normalized spacial score (nSPS) is 10.2. The molecule has 0 spiro atoms. The zero-order valence-electron chi connectivity index (χ0n) is 18.8. The summed E-state index contributed by atoms with van der Waals surface area (Å²) in [4.78, 5) is 35.5. The highest BCUT2D eigenvalue weighted by Crippen LogP contribution is 2.27. The number of anilines is 2. The molecule has 0 radical (unpaired) electrons. The van der Waals surface area contributed by atoms with Crippen LogP contribution in [0.5, 0.6) is 11.5 Å². The van der Waals surface area contributed by atoms with Gasteiger partial charge in [0.1, 0.15) is 18.1 Å². The van der Waals surface area contributed by atoms with Crippen LogP contribution in [-0.4, -0.2) is 43.3 Å². The molecule has 0 heterocycles. The number of methoxy groups -OCH3 is 1. The number of para-hydroxylation sites is 1. The molecule has 35 heavy (non-hydrogen) atoms. The number of hydrogen-bond acceptors (Lipinski definition) is 5. The van der Waals surface area contributed by atoms with Crippen molar-refractivity contribution < 1.29 is 29.0 Å². The molecule has 9 nitrogen and oxygen atoms in total. The van der Waals surface area contributed by atoms with Crippen molar-refractivity contribution in [1.82, 2.24) is 5.32 Å². The number of rotatable bonds is 10. The molecule has 3 aromatic carbocycles. The topological polar surface area (TPSA) is 126 Å². The number of carbonyl (C=O) groups is 3. The Morgan fingerprint density at radius 2 is 1.66 bits per heavy atom. The van der Waals surface area contributed by atoms with Crippen LogP contribution in [-0.2, 0) is 11.2 Å². The molecule has 0 aliphatic rings. The largest absolute Gasteiger partial charge is 0.495 e. The van der Waals surface area contributed by atoms with Crippen LogP contribution in [0.15, 0.2) is 71.2 Å². The van der Waals surface area contributed by atoms with Crippen molar-refractivity contribution in [1.29, 1.82) is 0 Å². The fraction of sp³-hybridized carbons (Fsp3) is 0.160. The lowest BCUT2D eigenvalue weighted by atomic mass is 10.1. The lowest BCUT2D eigenvalue weighted by molar-refractivity contribution is -0.120. The predicted molar refractivity (Wildman–Crippen MR) is 135 cm³/mol. The van der Waals surface area contributed by atoms with E-state index in [4.69, 9.17) is 14.6 Å². The minimum absolute atomic E-state index is 0.118. The molecule has 0 saturated heterocycles. The fourth-order valence-corrected chi connectivity index (χ4v) is 3.47. The van der Waals surface area contributed by atoms with Gasteiger partial charge in [0.2, 0.25) is 5.91 Å². The molecule has 182 valence electrons. The third kappa shape index (κ3) is 7.75. The van der Waals surface area contributed by atoms with Gasteiger partial charge in [-0.2, -0.15) is 0 Å². The van der Waals surface area contributed by atoms with Crippen LogP contribution in [0.3, 0.4) is 0 Å². The quantitative estimate of drug-likeness (QED) is 0.279. The molecular formula is C25H24BrN3O6. The third-order valence-electron chi connectivity index (χ3n) is 4.80. The Hall–Kier alpha value is -4.05. The number of carboxylic acid groups (broad SMARTS) is 1. The smallest absolute Gasteiger partial charge is 0.335 e. The lowest BCUT2D eigenvalue weighted by Gasteiger charge is -2.13. The van der Waals surface area contributed by atoms with Crippen LogP contribution in [0.25, 0.3) is 0 Å². The van der Waals surface area contributed by atoms with E-state index in [2.05, 4.69) is 31.9 Å². The molecule has 0 unspecified atom stereocenters. The van der Waals surface area contributed by atoms with Crippen molar-refractivity contribution in [2.24, 2.45) is 0 Å². The van der Waals surface area contributed by atoms with Gasteiger partial charge in [-0.25, -0.2) is 9.59 Å². The Bertz CT molecular complexity index is 1200. The van der Waals surface area contributed by atoms with Crippen molar-refractivity contribution in [2.45, 2.75) is 6.42 Å². The van der Waals surface area contributed by atoms with E-state index in [-0.39, 0.29) is 31.0 Å². The summed E-state index contributed by atoms with van der Waals surface area (Å²) in [6.07, 6.45) is 0.118. The second-order valence-electron chi connectivity index (χ2n) is 7.30. The van der Waals surface area contributed by atoms with Gasteiger partial charge in [0.15, 0.2) is 0 Å². The summed E-state index contributed by atoms with van der Waals surface area (Å²) in [5.41, 5.74) is 1.97. The predicted octanol–water partition coefficient (Wildman–Crippen LogP) is 4.54. The lowest BCUT2D eigenvalue weighted by Crippen LogP contribution is -2.29. The monoisotopic (exact) mass is 541 g/mol. The molecule has 0 aliphatic heterocycles. The van der Waals surface area contributed by atoms with Gasteiger partial charge in [-0.3, -0.25) is 4.79 Å². The molecule has 0 bridgehead atoms. The maximum absolute atomic E-state index is 12.4. The molecular weight excluding hydrogens is 518 g/mol. The number of ether oxygens (including phenoxy) is 2. The van der Waals surface area contributed by atoms with Gasteiger partial charge in [0, 0.05) is 4.47 Å². The van der Waals surface area contributed by atoms with Crippen molar-refractivity contribution >= 4 is 45.2 Å². The van der Waals surface area contributed by atoms with Crippen LogP contribution in [0.1, 0.15) is 15.9 Å². The number of urea groups is 1. The fourth-order valence-electron chi connectivity index (χ4n) is 3.09. The van der Waals surface area contributed by atoms with E-state index < -0.39 is 12.0 Å². The molecule has 0 fully saturated rings. The van der Waals surface area contributed by atoms with Crippen LogP contribution in [0, 0.1) is 0 Å².